The van der Waals surface area contributed by atoms with Crippen LogP contribution in [0.2, 0.25) is 0 Å². The van der Waals surface area contributed by atoms with Crippen LogP contribution >= 0.6 is 0 Å². The lowest BCUT2D eigenvalue weighted by Gasteiger charge is -2.25. The maximum absolute atomic E-state index is 10.2. The molecule has 0 saturated heterocycles. The molecule has 0 amide bonds. The fourth-order valence-electron chi connectivity index (χ4n) is 2.45. The van der Waals surface area contributed by atoms with Crippen LogP contribution in [0.4, 0.5) is 0 Å². The highest BCUT2D eigenvalue weighted by atomic mass is 16.5. The van der Waals surface area contributed by atoms with Crippen LogP contribution in [0.1, 0.15) is 25.8 Å². The maximum Gasteiger partial charge on any atom is 0.118 e. The number of rotatable bonds is 13. The van der Waals surface area contributed by atoms with Crippen molar-refractivity contribution in [3.8, 4) is 5.75 Å². The lowest BCUT2D eigenvalue weighted by Crippen LogP contribution is -2.35. The van der Waals surface area contributed by atoms with Gasteiger partial charge in [-0.05, 0) is 30.0 Å². The van der Waals surface area contributed by atoms with Crippen LogP contribution in [0.25, 0.3) is 0 Å². The first-order chi connectivity index (χ1) is 11.5. The quantitative estimate of drug-likeness (QED) is 0.560. The van der Waals surface area contributed by atoms with Crippen molar-refractivity contribution in [2.75, 3.05) is 47.1 Å². The third kappa shape index (κ3) is 9.23. The van der Waals surface area contributed by atoms with Gasteiger partial charge < -0.3 is 19.3 Å². The number of hydrogen-bond donors (Lipinski definition) is 1. The molecule has 5 nitrogen and oxygen atoms in total. The molecule has 1 rings (SSSR count). The van der Waals surface area contributed by atoms with E-state index in [9.17, 15) is 5.11 Å². The number of benzene rings is 1. The van der Waals surface area contributed by atoms with Gasteiger partial charge in [-0.1, -0.05) is 26.0 Å². The Balaban J connectivity index is 2.51. The Morgan fingerprint density at radius 2 is 1.79 bits per heavy atom. The van der Waals surface area contributed by atoms with E-state index in [0.717, 1.165) is 31.9 Å². The monoisotopic (exact) mass is 339 g/mol. The highest BCUT2D eigenvalue weighted by Gasteiger charge is 2.13. The minimum atomic E-state index is -0.482. The molecule has 0 spiro atoms. The summed E-state index contributed by atoms with van der Waals surface area (Å²) in [5, 5.41) is 10.2. The van der Waals surface area contributed by atoms with E-state index in [1.807, 2.05) is 12.1 Å². The van der Waals surface area contributed by atoms with E-state index in [0.29, 0.717) is 25.7 Å². The van der Waals surface area contributed by atoms with E-state index >= 15 is 0 Å². The fraction of sp³-hybridized carbons (Fsp3) is 0.684. The second-order valence-electron chi connectivity index (χ2n) is 6.51. The van der Waals surface area contributed by atoms with Crippen LogP contribution in [0.15, 0.2) is 24.3 Å². The van der Waals surface area contributed by atoms with Gasteiger partial charge >= 0.3 is 0 Å². The van der Waals surface area contributed by atoms with Gasteiger partial charge in [-0.3, -0.25) is 4.90 Å². The van der Waals surface area contributed by atoms with Crippen LogP contribution in [0, 0.1) is 5.92 Å². The summed E-state index contributed by atoms with van der Waals surface area (Å²) in [4.78, 5) is 2.24. The smallest absolute Gasteiger partial charge is 0.118 e. The van der Waals surface area contributed by atoms with Gasteiger partial charge in [0.1, 0.15) is 5.75 Å². The van der Waals surface area contributed by atoms with E-state index in [1.54, 1.807) is 14.2 Å². The van der Waals surface area contributed by atoms with Crippen molar-refractivity contribution >= 4 is 0 Å². The molecule has 138 valence electrons. The van der Waals surface area contributed by atoms with Crippen molar-refractivity contribution in [2.45, 2.75) is 32.9 Å². The predicted octanol–water partition coefficient (Wildman–Crippen LogP) is 2.57. The molecule has 0 unspecified atom stereocenters. The Kier molecular flexibility index (Phi) is 10.7. The van der Waals surface area contributed by atoms with Crippen molar-refractivity contribution < 1.29 is 19.3 Å². The molecular weight excluding hydrogens is 306 g/mol. The Morgan fingerprint density at radius 1 is 1.08 bits per heavy atom. The minimum absolute atomic E-state index is 0.377. The van der Waals surface area contributed by atoms with Crippen molar-refractivity contribution in [1.29, 1.82) is 0 Å². The molecule has 0 radical (unpaired) electrons. The number of aliphatic hydroxyl groups is 1. The van der Waals surface area contributed by atoms with Crippen LogP contribution in [-0.4, -0.2) is 63.2 Å². The van der Waals surface area contributed by atoms with Crippen molar-refractivity contribution in [1.82, 2.24) is 4.90 Å². The van der Waals surface area contributed by atoms with Crippen molar-refractivity contribution in [3.05, 3.63) is 29.8 Å². The van der Waals surface area contributed by atoms with Crippen molar-refractivity contribution in [3.63, 3.8) is 0 Å². The first-order valence-electron chi connectivity index (χ1n) is 8.65. The number of ether oxygens (including phenoxy) is 3. The molecule has 1 aromatic rings. The number of methoxy groups -OCH3 is 2. The number of nitrogens with zero attached hydrogens (tertiary/aromatic N) is 1. The van der Waals surface area contributed by atoms with Crippen LogP contribution < -0.4 is 4.74 Å². The minimum Gasteiger partial charge on any atom is -0.497 e. The van der Waals surface area contributed by atoms with Gasteiger partial charge in [-0.2, -0.15) is 0 Å². The molecule has 1 aromatic carbocycles. The second kappa shape index (κ2) is 12.3. The van der Waals surface area contributed by atoms with Gasteiger partial charge in [0.15, 0.2) is 0 Å². The number of aliphatic hydroxyl groups excluding tert-OH is 1. The lowest BCUT2D eigenvalue weighted by atomic mass is 10.2. The summed E-state index contributed by atoms with van der Waals surface area (Å²) in [5.74, 6) is 1.33. The standard InChI is InChI=1S/C19H33NO4/c1-16(2)14-24-15-18(21)13-20(10-5-11-22-3)12-17-6-8-19(23-4)9-7-17/h6-9,16,18,21H,5,10-15H2,1-4H3/t18-/m1/s1. The summed E-state index contributed by atoms with van der Waals surface area (Å²) in [7, 11) is 3.38. The summed E-state index contributed by atoms with van der Waals surface area (Å²) in [5.41, 5.74) is 1.20. The molecule has 0 aliphatic rings. The highest BCUT2D eigenvalue weighted by Crippen LogP contribution is 2.13. The average molecular weight is 339 g/mol. The molecule has 5 heteroatoms. The van der Waals surface area contributed by atoms with Gasteiger partial charge in [0, 0.05) is 40.0 Å². The molecule has 0 heterocycles. The molecule has 1 N–H and O–H groups in total. The first-order valence-corrected chi connectivity index (χ1v) is 8.65. The van der Waals surface area contributed by atoms with Gasteiger partial charge in [-0.25, -0.2) is 0 Å². The molecule has 1 atom stereocenters. The largest absolute Gasteiger partial charge is 0.497 e. The summed E-state index contributed by atoms with van der Waals surface area (Å²) in [6.07, 6.45) is 0.455. The van der Waals surface area contributed by atoms with Gasteiger partial charge in [0.2, 0.25) is 0 Å². The highest BCUT2D eigenvalue weighted by molar-refractivity contribution is 5.27. The SMILES string of the molecule is COCCCN(Cc1ccc(OC)cc1)C[C@@H](O)COCC(C)C. The fourth-order valence-corrected chi connectivity index (χ4v) is 2.45. The Hall–Kier alpha value is -1.14. The van der Waals surface area contributed by atoms with Crippen LogP contribution in [-0.2, 0) is 16.0 Å². The average Bonchev–Trinajstić information content (AvgIpc) is 2.55. The third-order valence-corrected chi connectivity index (χ3v) is 3.62. The van der Waals surface area contributed by atoms with Crippen LogP contribution in [0.3, 0.4) is 0 Å². The zero-order valence-corrected chi connectivity index (χ0v) is 15.5. The topological polar surface area (TPSA) is 51.2 Å². The van der Waals surface area contributed by atoms with Gasteiger partial charge in [-0.15, -0.1) is 0 Å². The van der Waals surface area contributed by atoms with E-state index in [2.05, 4.69) is 30.9 Å². The summed E-state index contributed by atoms with van der Waals surface area (Å²) < 4.78 is 15.9. The Bertz CT molecular complexity index is 422. The van der Waals surface area contributed by atoms with Crippen LogP contribution in [0.5, 0.6) is 5.75 Å². The Labute approximate surface area is 146 Å². The second-order valence-corrected chi connectivity index (χ2v) is 6.51. The lowest BCUT2D eigenvalue weighted by molar-refractivity contribution is 0.00580. The van der Waals surface area contributed by atoms with E-state index in [-0.39, 0.29) is 0 Å². The Morgan fingerprint density at radius 3 is 2.38 bits per heavy atom. The summed E-state index contributed by atoms with van der Waals surface area (Å²) in [6, 6.07) is 8.04. The molecule has 0 saturated carbocycles. The molecule has 24 heavy (non-hydrogen) atoms. The molecule has 0 bridgehead atoms. The summed E-state index contributed by atoms with van der Waals surface area (Å²) in [6.45, 7) is 8.24. The first kappa shape index (κ1) is 20.9. The normalized spacial score (nSPS) is 12.8. The molecule has 0 aromatic heterocycles. The molecule has 0 aliphatic heterocycles. The molecule has 0 fully saturated rings. The molecular formula is C19H33NO4. The molecule has 0 aliphatic carbocycles. The van der Waals surface area contributed by atoms with E-state index < -0.39 is 6.10 Å². The number of hydrogen-bond acceptors (Lipinski definition) is 5. The zero-order chi connectivity index (χ0) is 17.8. The third-order valence-electron chi connectivity index (χ3n) is 3.62. The zero-order valence-electron chi connectivity index (χ0n) is 15.5. The summed E-state index contributed by atoms with van der Waals surface area (Å²) >= 11 is 0. The van der Waals surface area contributed by atoms with Gasteiger partial charge in [0.25, 0.3) is 0 Å². The maximum atomic E-state index is 10.2. The van der Waals surface area contributed by atoms with Gasteiger partial charge in [0.05, 0.1) is 19.8 Å². The van der Waals surface area contributed by atoms with Crippen molar-refractivity contribution in [2.24, 2.45) is 5.92 Å². The predicted molar refractivity (Wildman–Crippen MR) is 96.4 cm³/mol. The van der Waals surface area contributed by atoms with E-state index in [4.69, 9.17) is 14.2 Å². The van der Waals surface area contributed by atoms with E-state index in [1.165, 1.54) is 5.56 Å².